The summed E-state index contributed by atoms with van der Waals surface area (Å²) in [6.45, 7) is 3.98. The minimum absolute atomic E-state index is 0.317. The highest BCUT2D eigenvalue weighted by Crippen LogP contribution is 2.25. The minimum atomic E-state index is -0.317. The smallest absolute Gasteiger partial charge is 0.173 e. The summed E-state index contributed by atoms with van der Waals surface area (Å²) in [7, 11) is 0. The summed E-state index contributed by atoms with van der Waals surface area (Å²) in [6, 6.07) is 9.85. The maximum Gasteiger partial charge on any atom is 0.173 e. The number of nitrogens with zero attached hydrogens (tertiary/aromatic N) is 2. The molecule has 0 spiro atoms. The van der Waals surface area contributed by atoms with Gasteiger partial charge in [-0.2, -0.15) is 0 Å². The Kier molecular flexibility index (Phi) is 6.59. The molecule has 0 aliphatic carbocycles. The zero-order chi connectivity index (χ0) is 18.7. The van der Waals surface area contributed by atoms with Crippen molar-refractivity contribution in [1.29, 1.82) is 0 Å². The lowest BCUT2D eigenvalue weighted by atomic mass is 10.2. The monoisotopic (exact) mass is 431 g/mol. The molecule has 1 fully saturated rings. The highest BCUT2D eigenvalue weighted by Gasteiger charge is 2.20. The summed E-state index contributed by atoms with van der Waals surface area (Å²) < 4.78 is 13.2. The SMILES string of the molecule is Fc1ccc(CN2CCN(C(=S)Nc3ccc(Cl)c(Cl)c3)CC2)c(Cl)c1. The van der Waals surface area contributed by atoms with Crippen LogP contribution in [0.3, 0.4) is 0 Å². The van der Waals surface area contributed by atoms with Gasteiger partial charge in [-0.1, -0.05) is 40.9 Å². The number of nitrogens with one attached hydrogen (secondary N) is 1. The molecular formula is C18H17Cl3FN3S. The van der Waals surface area contributed by atoms with Crippen molar-refractivity contribution < 1.29 is 4.39 Å². The Bertz CT molecular complexity index is 810. The third-order valence-corrected chi connectivity index (χ3v) is 5.69. The first-order chi connectivity index (χ1) is 12.4. The molecule has 1 N–H and O–H groups in total. The zero-order valence-corrected chi connectivity index (χ0v) is 16.9. The first-order valence-corrected chi connectivity index (χ1v) is 9.64. The summed E-state index contributed by atoms with van der Waals surface area (Å²) in [5.41, 5.74) is 1.74. The Balaban J connectivity index is 1.52. The fourth-order valence-corrected chi connectivity index (χ4v) is 3.60. The molecule has 0 aromatic heterocycles. The van der Waals surface area contributed by atoms with Crippen LogP contribution in [0, 0.1) is 5.82 Å². The second kappa shape index (κ2) is 8.72. The summed E-state index contributed by atoms with van der Waals surface area (Å²) in [6.07, 6.45) is 0. The highest BCUT2D eigenvalue weighted by molar-refractivity contribution is 7.80. The van der Waals surface area contributed by atoms with Gasteiger partial charge in [-0.25, -0.2) is 4.39 Å². The zero-order valence-electron chi connectivity index (χ0n) is 13.8. The van der Waals surface area contributed by atoms with Crippen LogP contribution < -0.4 is 5.32 Å². The lowest BCUT2D eigenvalue weighted by molar-refractivity contribution is 0.177. The van der Waals surface area contributed by atoms with Gasteiger partial charge in [0.1, 0.15) is 5.82 Å². The van der Waals surface area contributed by atoms with Crippen LogP contribution in [0.5, 0.6) is 0 Å². The van der Waals surface area contributed by atoms with Crippen LogP contribution in [0.1, 0.15) is 5.56 Å². The standard InChI is InChI=1S/C18H17Cl3FN3S/c19-15-4-3-14(10-17(15)21)23-18(26)25-7-5-24(6-8-25)11-12-1-2-13(22)9-16(12)20/h1-4,9-10H,5-8,11H2,(H,23,26). The number of thiocarbonyl (C=S) groups is 1. The molecular weight excluding hydrogens is 416 g/mol. The number of rotatable bonds is 3. The van der Waals surface area contributed by atoms with E-state index < -0.39 is 0 Å². The maximum absolute atomic E-state index is 13.2. The van der Waals surface area contributed by atoms with Gasteiger partial charge in [0.2, 0.25) is 0 Å². The summed E-state index contributed by atoms with van der Waals surface area (Å²) >= 11 is 23.6. The van der Waals surface area contributed by atoms with Gasteiger partial charge in [-0.3, -0.25) is 4.90 Å². The molecule has 0 atom stereocenters. The molecule has 0 radical (unpaired) electrons. The van der Waals surface area contributed by atoms with Crippen LogP contribution >= 0.6 is 47.0 Å². The van der Waals surface area contributed by atoms with Gasteiger partial charge in [0.25, 0.3) is 0 Å². The van der Waals surface area contributed by atoms with Crippen molar-refractivity contribution in [2.24, 2.45) is 0 Å². The van der Waals surface area contributed by atoms with Gasteiger partial charge < -0.3 is 10.2 Å². The summed E-state index contributed by atoms with van der Waals surface area (Å²) in [5.74, 6) is -0.317. The Hall–Kier alpha value is -1.11. The Morgan fingerprint density at radius 3 is 2.35 bits per heavy atom. The predicted octanol–water partition coefficient (Wildman–Crippen LogP) is 5.30. The molecule has 0 saturated carbocycles. The number of piperazine rings is 1. The molecule has 0 amide bonds. The first-order valence-electron chi connectivity index (χ1n) is 8.09. The first kappa shape index (κ1) is 19.6. The molecule has 3 nitrogen and oxygen atoms in total. The van der Waals surface area contributed by atoms with Gasteiger partial charge in [-0.15, -0.1) is 0 Å². The molecule has 1 aliphatic heterocycles. The Labute approximate surface area is 172 Å². The van der Waals surface area contributed by atoms with Crippen molar-refractivity contribution in [3.8, 4) is 0 Å². The van der Waals surface area contributed by atoms with Crippen LogP contribution in [0.15, 0.2) is 36.4 Å². The van der Waals surface area contributed by atoms with Crippen molar-refractivity contribution in [3.63, 3.8) is 0 Å². The Morgan fingerprint density at radius 2 is 1.69 bits per heavy atom. The van der Waals surface area contributed by atoms with E-state index in [0.717, 1.165) is 37.4 Å². The molecule has 26 heavy (non-hydrogen) atoms. The second-order valence-corrected chi connectivity index (χ2v) is 7.67. The van der Waals surface area contributed by atoms with Crippen LogP contribution in [-0.4, -0.2) is 41.1 Å². The average molecular weight is 433 g/mol. The highest BCUT2D eigenvalue weighted by atomic mass is 35.5. The van der Waals surface area contributed by atoms with Gasteiger partial charge in [-0.05, 0) is 48.1 Å². The van der Waals surface area contributed by atoms with Gasteiger partial charge in [0.05, 0.1) is 10.0 Å². The van der Waals surface area contributed by atoms with E-state index in [2.05, 4.69) is 15.1 Å². The Morgan fingerprint density at radius 1 is 0.962 bits per heavy atom. The number of hydrogen-bond donors (Lipinski definition) is 1. The van der Waals surface area contributed by atoms with E-state index in [1.165, 1.54) is 12.1 Å². The van der Waals surface area contributed by atoms with E-state index in [0.29, 0.717) is 26.7 Å². The van der Waals surface area contributed by atoms with Crippen LogP contribution in [0.2, 0.25) is 15.1 Å². The summed E-state index contributed by atoms with van der Waals surface area (Å²) in [4.78, 5) is 4.39. The molecule has 2 aromatic rings. The van der Waals surface area contributed by atoms with E-state index in [-0.39, 0.29) is 5.82 Å². The normalized spacial score (nSPS) is 15.2. The third-order valence-electron chi connectivity index (χ3n) is 4.24. The van der Waals surface area contributed by atoms with Crippen molar-refractivity contribution in [2.75, 3.05) is 31.5 Å². The molecule has 0 unspecified atom stereocenters. The van der Waals surface area contributed by atoms with E-state index >= 15 is 0 Å². The number of benzene rings is 2. The van der Waals surface area contributed by atoms with Gasteiger partial charge in [0.15, 0.2) is 5.11 Å². The quantitative estimate of drug-likeness (QED) is 0.663. The topological polar surface area (TPSA) is 18.5 Å². The molecule has 1 aliphatic rings. The van der Waals surface area contributed by atoms with E-state index in [9.17, 15) is 4.39 Å². The molecule has 1 saturated heterocycles. The average Bonchev–Trinajstić information content (AvgIpc) is 2.61. The van der Waals surface area contributed by atoms with Crippen LogP contribution in [0.25, 0.3) is 0 Å². The fourth-order valence-electron chi connectivity index (χ4n) is 2.78. The summed E-state index contributed by atoms with van der Waals surface area (Å²) in [5, 5.41) is 5.31. The minimum Gasteiger partial charge on any atom is -0.346 e. The van der Waals surface area contributed by atoms with Crippen molar-refractivity contribution in [2.45, 2.75) is 6.54 Å². The van der Waals surface area contributed by atoms with E-state index in [1.54, 1.807) is 18.2 Å². The van der Waals surface area contributed by atoms with Gasteiger partial charge >= 0.3 is 0 Å². The predicted molar refractivity (Wildman–Crippen MR) is 111 cm³/mol. The molecule has 2 aromatic carbocycles. The van der Waals surface area contributed by atoms with E-state index in [1.807, 2.05) is 6.07 Å². The second-order valence-electron chi connectivity index (χ2n) is 6.06. The van der Waals surface area contributed by atoms with Crippen LogP contribution in [0.4, 0.5) is 10.1 Å². The number of anilines is 1. The molecule has 0 bridgehead atoms. The lowest BCUT2D eigenvalue weighted by Gasteiger charge is -2.36. The molecule has 138 valence electrons. The van der Waals surface area contributed by atoms with Crippen molar-refractivity contribution >= 4 is 57.8 Å². The number of hydrogen-bond acceptors (Lipinski definition) is 2. The lowest BCUT2D eigenvalue weighted by Crippen LogP contribution is -2.49. The van der Waals surface area contributed by atoms with Crippen molar-refractivity contribution in [1.82, 2.24) is 9.80 Å². The van der Waals surface area contributed by atoms with Gasteiger partial charge in [0, 0.05) is 43.4 Å². The number of halogens is 4. The van der Waals surface area contributed by atoms with Crippen LogP contribution in [-0.2, 0) is 6.54 Å². The van der Waals surface area contributed by atoms with Crippen molar-refractivity contribution in [3.05, 3.63) is 62.8 Å². The third kappa shape index (κ3) is 4.99. The molecule has 1 heterocycles. The molecule has 8 heteroatoms. The van der Waals surface area contributed by atoms with E-state index in [4.69, 9.17) is 47.0 Å². The largest absolute Gasteiger partial charge is 0.346 e. The fraction of sp³-hybridized carbons (Fsp3) is 0.278. The molecule has 3 rings (SSSR count). The maximum atomic E-state index is 13.2.